The van der Waals surface area contributed by atoms with Crippen LogP contribution in [0.3, 0.4) is 0 Å². The van der Waals surface area contributed by atoms with E-state index in [1.807, 2.05) is 36.4 Å². The number of carboxylic acids is 2. The first-order valence-electron chi connectivity index (χ1n) is 16.4. The van der Waals surface area contributed by atoms with E-state index >= 15 is 0 Å². The zero-order chi connectivity index (χ0) is 38.4. The van der Waals surface area contributed by atoms with Gasteiger partial charge in [-0.1, -0.05) is 60.7 Å². The Morgan fingerprint density at radius 3 is 2.00 bits per heavy atom. The van der Waals surface area contributed by atoms with E-state index in [2.05, 4.69) is 20.9 Å². The summed E-state index contributed by atoms with van der Waals surface area (Å²) in [7, 11) is 0. The largest absolute Gasteiger partial charge is 0.490 e. The van der Waals surface area contributed by atoms with Gasteiger partial charge in [-0.2, -0.15) is 13.2 Å². The number of hydrogen-bond donors (Lipinski definition) is 7. The van der Waals surface area contributed by atoms with Crippen LogP contribution >= 0.6 is 0 Å². The summed E-state index contributed by atoms with van der Waals surface area (Å²) in [5.41, 5.74) is 12.4. The number of piperidine rings is 1. The number of carboxylic acid groups (broad SMARTS) is 2. The summed E-state index contributed by atoms with van der Waals surface area (Å²) in [6.45, 7) is 0.203. The molecule has 18 heteroatoms. The molecule has 282 valence electrons. The maximum Gasteiger partial charge on any atom is 0.490 e. The lowest BCUT2D eigenvalue weighted by Crippen LogP contribution is -2.60. The molecule has 0 radical (unpaired) electrons. The normalized spacial score (nSPS) is 19.1. The number of carbonyl (C=O) groups is 6. The molecule has 5 atom stereocenters. The highest BCUT2D eigenvalue weighted by Gasteiger charge is 2.47. The molecule has 0 saturated carbocycles. The molecule has 0 aromatic heterocycles. The van der Waals surface area contributed by atoms with Crippen molar-refractivity contribution in [3.05, 3.63) is 71.8 Å². The van der Waals surface area contributed by atoms with Gasteiger partial charge in [0.25, 0.3) is 0 Å². The first kappa shape index (κ1) is 40.7. The second kappa shape index (κ2) is 19.1. The number of carbonyl (C=O) groups excluding carboxylic acids is 4. The van der Waals surface area contributed by atoms with Gasteiger partial charge >= 0.3 is 18.1 Å². The Morgan fingerprint density at radius 2 is 1.44 bits per heavy atom. The Hall–Kier alpha value is -5.68. The molecule has 4 amide bonds. The molecule has 9 N–H and O–H groups in total. The highest BCUT2D eigenvalue weighted by atomic mass is 19.4. The topological polar surface area (TPSA) is 247 Å². The molecule has 0 bridgehead atoms. The van der Waals surface area contributed by atoms with Crippen LogP contribution in [0.4, 0.5) is 13.2 Å². The number of nitrogens with one attached hydrogen (secondary N) is 3. The lowest BCUT2D eigenvalue weighted by Gasteiger charge is -2.38. The fourth-order valence-electron chi connectivity index (χ4n) is 5.94. The third-order valence-corrected chi connectivity index (χ3v) is 8.41. The second-order valence-corrected chi connectivity index (χ2v) is 12.3. The van der Waals surface area contributed by atoms with Crippen molar-refractivity contribution in [2.75, 3.05) is 6.54 Å². The van der Waals surface area contributed by atoms with Crippen LogP contribution in [0.15, 0.2) is 65.7 Å². The lowest BCUT2D eigenvalue weighted by molar-refractivity contribution is -0.192. The van der Waals surface area contributed by atoms with Gasteiger partial charge in [0.1, 0.15) is 24.2 Å². The van der Waals surface area contributed by atoms with Crippen LogP contribution in [-0.4, -0.2) is 99.6 Å². The van der Waals surface area contributed by atoms with E-state index in [1.54, 1.807) is 24.3 Å². The van der Waals surface area contributed by atoms with Crippen LogP contribution in [0.5, 0.6) is 0 Å². The fraction of sp³-hybridized carbons (Fsp3) is 0.441. The van der Waals surface area contributed by atoms with Gasteiger partial charge in [0, 0.05) is 19.0 Å². The third kappa shape index (κ3) is 12.6. The van der Waals surface area contributed by atoms with Crippen LogP contribution in [0.2, 0.25) is 0 Å². The average molecular weight is 734 g/mol. The highest BCUT2D eigenvalue weighted by Crippen LogP contribution is 2.33. The number of alkyl halides is 3. The van der Waals surface area contributed by atoms with E-state index in [0.717, 1.165) is 11.1 Å². The Bertz CT molecular complexity index is 1590. The van der Waals surface area contributed by atoms with E-state index in [9.17, 15) is 42.3 Å². The minimum Gasteiger partial charge on any atom is -0.480 e. The number of aliphatic carboxylic acids is 2. The molecular weight excluding hydrogens is 691 g/mol. The van der Waals surface area contributed by atoms with Gasteiger partial charge in [0.05, 0.1) is 6.42 Å². The highest BCUT2D eigenvalue weighted by molar-refractivity contribution is 5.96. The van der Waals surface area contributed by atoms with Gasteiger partial charge in [-0.15, -0.1) is 0 Å². The summed E-state index contributed by atoms with van der Waals surface area (Å²) < 4.78 is 31.7. The maximum atomic E-state index is 13.6. The van der Waals surface area contributed by atoms with Crippen LogP contribution in [0.25, 0.3) is 0 Å². The molecule has 2 aromatic carbocycles. The molecular formula is C34H42F3N7O8. The number of halogens is 3. The molecule has 4 rings (SSSR count). The summed E-state index contributed by atoms with van der Waals surface area (Å²) in [6.07, 6.45) is -2.30. The Labute approximate surface area is 297 Å². The van der Waals surface area contributed by atoms with Crippen LogP contribution in [0.1, 0.15) is 49.7 Å². The number of hydrogen-bond acceptors (Lipinski definition) is 7. The van der Waals surface area contributed by atoms with Crippen molar-refractivity contribution in [1.29, 1.82) is 0 Å². The Kier molecular flexibility index (Phi) is 14.9. The summed E-state index contributed by atoms with van der Waals surface area (Å²) >= 11 is 0. The number of nitrogens with two attached hydrogens (primary N) is 2. The summed E-state index contributed by atoms with van der Waals surface area (Å²) in [5, 5.41) is 25.1. The van der Waals surface area contributed by atoms with Crippen molar-refractivity contribution < 1.29 is 52.2 Å². The van der Waals surface area contributed by atoms with Gasteiger partial charge in [-0.25, -0.2) is 9.59 Å². The SMILES string of the molecule is NC(N)=NCCCC(NC(=O)[C@@H]1CCC2CCC(NC(=O)Cc3ccccc3)C(=O)N21)C(=O)N[C@H](Cc1ccccc1)C(=O)O.O=C(O)C(F)(F)F. The Balaban J connectivity index is 0.000000944. The van der Waals surface area contributed by atoms with Crippen molar-refractivity contribution in [3.8, 4) is 0 Å². The summed E-state index contributed by atoms with van der Waals surface area (Å²) in [4.78, 5) is 79.6. The monoisotopic (exact) mass is 733 g/mol. The zero-order valence-corrected chi connectivity index (χ0v) is 28.1. The third-order valence-electron chi connectivity index (χ3n) is 8.41. The zero-order valence-electron chi connectivity index (χ0n) is 28.1. The van der Waals surface area contributed by atoms with Crippen LogP contribution < -0.4 is 27.4 Å². The van der Waals surface area contributed by atoms with Crippen molar-refractivity contribution in [2.24, 2.45) is 16.5 Å². The summed E-state index contributed by atoms with van der Waals surface area (Å²) in [6, 6.07) is 14.1. The number of guanidine groups is 1. The minimum atomic E-state index is -5.08. The first-order chi connectivity index (χ1) is 24.6. The number of benzene rings is 2. The van der Waals surface area contributed by atoms with Gasteiger partial charge in [-0.05, 0) is 49.7 Å². The van der Waals surface area contributed by atoms with Crippen LogP contribution in [-0.2, 0) is 41.6 Å². The van der Waals surface area contributed by atoms with Crippen molar-refractivity contribution >= 4 is 41.5 Å². The van der Waals surface area contributed by atoms with E-state index in [0.29, 0.717) is 32.1 Å². The number of rotatable bonds is 14. The standard InChI is InChI=1S/C32H41N7O6.C2HF3O2/c33-32(34)35-17-7-12-23(28(41)38-25(31(44)45)18-20-8-3-1-4-9-20)37-29(42)26-16-14-22-13-15-24(30(43)39(22)26)36-27(40)19-21-10-5-2-6-11-21;3-2(4,5)1(6)7/h1-6,8-11,22-26H,7,12-19H2,(H,36,40)(H,37,42)(H,38,41)(H,44,45)(H4,33,34,35);(H,6,7)/t22?,23?,24?,25-,26+;/m1./s1. The molecule has 2 saturated heterocycles. The smallest absolute Gasteiger partial charge is 0.480 e. The molecule has 2 heterocycles. The quantitative estimate of drug-likeness (QED) is 0.0820. The maximum absolute atomic E-state index is 13.6. The Morgan fingerprint density at radius 1 is 0.865 bits per heavy atom. The molecule has 15 nitrogen and oxygen atoms in total. The average Bonchev–Trinajstić information content (AvgIpc) is 3.53. The molecule has 0 aliphatic carbocycles. The van der Waals surface area contributed by atoms with Gasteiger partial charge in [-0.3, -0.25) is 24.2 Å². The molecule has 0 spiro atoms. The van der Waals surface area contributed by atoms with Crippen LogP contribution in [0, 0.1) is 0 Å². The molecule has 3 unspecified atom stereocenters. The van der Waals surface area contributed by atoms with Crippen molar-refractivity contribution in [1.82, 2.24) is 20.9 Å². The second-order valence-electron chi connectivity index (χ2n) is 12.3. The fourth-order valence-corrected chi connectivity index (χ4v) is 5.94. The van der Waals surface area contributed by atoms with E-state index in [1.165, 1.54) is 4.90 Å². The number of amides is 4. The molecule has 2 aliphatic rings. The molecule has 2 aromatic rings. The summed E-state index contributed by atoms with van der Waals surface area (Å²) in [5.74, 6) is -5.86. The predicted octanol–water partition coefficient (Wildman–Crippen LogP) is 0.851. The lowest BCUT2D eigenvalue weighted by atomic mass is 9.97. The van der Waals surface area contributed by atoms with Crippen molar-refractivity contribution in [2.45, 2.75) is 87.8 Å². The van der Waals surface area contributed by atoms with Crippen molar-refractivity contribution in [3.63, 3.8) is 0 Å². The predicted molar refractivity (Wildman–Crippen MR) is 180 cm³/mol. The molecule has 2 aliphatic heterocycles. The number of aliphatic imine (C=N–C) groups is 1. The first-order valence-corrected chi connectivity index (χ1v) is 16.4. The van der Waals surface area contributed by atoms with E-state index < -0.39 is 54.1 Å². The minimum absolute atomic E-state index is 0.0561. The van der Waals surface area contributed by atoms with E-state index in [4.69, 9.17) is 21.4 Å². The number of fused-ring (bicyclic) bond motifs is 1. The van der Waals surface area contributed by atoms with Gasteiger partial charge in [0.2, 0.25) is 23.6 Å². The van der Waals surface area contributed by atoms with Gasteiger partial charge in [0.15, 0.2) is 5.96 Å². The van der Waals surface area contributed by atoms with Gasteiger partial charge < -0.3 is 42.5 Å². The number of nitrogens with zero attached hydrogens (tertiary/aromatic N) is 2. The van der Waals surface area contributed by atoms with E-state index in [-0.39, 0.29) is 49.6 Å². The molecule has 52 heavy (non-hydrogen) atoms. The molecule has 2 fully saturated rings.